The summed E-state index contributed by atoms with van der Waals surface area (Å²) >= 11 is 0. The summed E-state index contributed by atoms with van der Waals surface area (Å²) in [4.78, 5) is 17.4. The van der Waals surface area contributed by atoms with Crippen LogP contribution in [-0.4, -0.2) is 22.1 Å². The molecule has 0 spiro atoms. The minimum absolute atomic E-state index is 0.0264. The second-order valence-electron chi connectivity index (χ2n) is 5.87. The molecule has 0 fully saturated rings. The highest BCUT2D eigenvalue weighted by atomic mass is 16.5. The Kier molecular flexibility index (Phi) is 3.94. The Labute approximate surface area is 145 Å². The Morgan fingerprint density at radius 2 is 1.76 bits per heavy atom. The van der Waals surface area contributed by atoms with Gasteiger partial charge in [0.05, 0.1) is 11.0 Å². The number of benzene rings is 3. The first-order valence-electron chi connectivity index (χ1n) is 8.38. The lowest BCUT2D eigenvalue weighted by atomic mass is 10.1. The number of carbonyl (C=O) groups excluding carboxylic acids is 1. The molecule has 0 saturated carbocycles. The van der Waals surface area contributed by atoms with Crippen LogP contribution < -0.4 is 4.74 Å². The van der Waals surface area contributed by atoms with Gasteiger partial charge in [-0.2, -0.15) is 0 Å². The van der Waals surface area contributed by atoms with Crippen LogP contribution in [-0.2, 0) is 6.42 Å². The molecule has 0 N–H and O–H groups in total. The van der Waals surface area contributed by atoms with Gasteiger partial charge in [-0.3, -0.25) is 9.36 Å². The standard InChI is InChI=1S/C21H18N2O2/c1-2-20-22-17-11-5-6-12-18(17)23(20)21(24)14-25-19-13-7-9-15-8-3-4-10-16(15)19/h3-13H,2,14H2,1H3. The lowest BCUT2D eigenvalue weighted by molar-refractivity contribution is 0.0840. The molecule has 1 aromatic heterocycles. The van der Waals surface area contributed by atoms with Crippen molar-refractivity contribution < 1.29 is 9.53 Å². The second-order valence-corrected chi connectivity index (χ2v) is 5.87. The predicted molar refractivity (Wildman–Crippen MR) is 99.2 cm³/mol. The van der Waals surface area contributed by atoms with E-state index in [1.807, 2.05) is 73.7 Å². The zero-order valence-corrected chi connectivity index (χ0v) is 14.0. The van der Waals surface area contributed by atoms with Gasteiger partial charge in [0.2, 0.25) is 0 Å². The van der Waals surface area contributed by atoms with Crippen molar-refractivity contribution in [3.63, 3.8) is 0 Å². The molecule has 0 bridgehead atoms. The molecule has 4 heteroatoms. The smallest absolute Gasteiger partial charge is 0.270 e. The molecule has 0 atom stereocenters. The number of ether oxygens (including phenoxy) is 1. The van der Waals surface area contributed by atoms with Gasteiger partial charge in [-0.25, -0.2) is 4.98 Å². The predicted octanol–water partition coefficient (Wildman–Crippen LogP) is 4.47. The zero-order valence-electron chi connectivity index (χ0n) is 14.0. The summed E-state index contributed by atoms with van der Waals surface area (Å²) in [6.07, 6.45) is 0.689. The molecular weight excluding hydrogens is 312 g/mol. The monoisotopic (exact) mass is 330 g/mol. The minimum Gasteiger partial charge on any atom is -0.483 e. The first-order chi connectivity index (χ1) is 12.3. The molecule has 0 aliphatic carbocycles. The highest BCUT2D eigenvalue weighted by Gasteiger charge is 2.16. The van der Waals surface area contributed by atoms with E-state index < -0.39 is 0 Å². The van der Waals surface area contributed by atoms with Crippen LogP contribution in [0.1, 0.15) is 17.5 Å². The summed E-state index contributed by atoms with van der Waals surface area (Å²) in [6.45, 7) is 1.97. The number of aryl methyl sites for hydroxylation is 1. The number of nitrogens with zero attached hydrogens (tertiary/aromatic N) is 2. The number of hydrogen-bond donors (Lipinski definition) is 0. The summed E-state index contributed by atoms with van der Waals surface area (Å²) in [6, 6.07) is 21.5. The molecule has 0 amide bonds. The molecule has 4 aromatic rings. The number of carbonyl (C=O) groups is 1. The van der Waals surface area contributed by atoms with Crippen LogP contribution in [0.4, 0.5) is 0 Å². The van der Waals surface area contributed by atoms with Gasteiger partial charge in [0.25, 0.3) is 5.91 Å². The van der Waals surface area contributed by atoms with E-state index in [1.165, 1.54) is 0 Å². The van der Waals surface area contributed by atoms with Gasteiger partial charge < -0.3 is 4.74 Å². The van der Waals surface area contributed by atoms with E-state index in [1.54, 1.807) is 4.57 Å². The van der Waals surface area contributed by atoms with Gasteiger partial charge in [0.1, 0.15) is 11.6 Å². The number of imidazole rings is 1. The number of fused-ring (bicyclic) bond motifs is 2. The molecule has 124 valence electrons. The van der Waals surface area contributed by atoms with E-state index in [0.717, 1.165) is 27.6 Å². The molecule has 3 aromatic carbocycles. The first-order valence-corrected chi connectivity index (χ1v) is 8.38. The maximum Gasteiger partial charge on any atom is 0.270 e. The third-order valence-corrected chi connectivity index (χ3v) is 4.30. The molecule has 25 heavy (non-hydrogen) atoms. The topological polar surface area (TPSA) is 44.1 Å². The van der Waals surface area contributed by atoms with Crippen LogP contribution in [0.15, 0.2) is 66.7 Å². The Balaban J connectivity index is 1.64. The number of rotatable bonds is 4. The summed E-state index contributed by atoms with van der Waals surface area (Å²) in [5.74, 6) is 1.36. The fourth-order valence-corrected chi connectivity index (χ4v) is 3.12. The van der Waals surface area contributed by atoms with Gasteiger partial charge in [-0.1, -0.05) is 55.5 Å². The van der Waals surface area contributed by atoms with E-state index in [4.69, 9.17) is 4.74 Å². The number of aromatic nitrogens is 2. The Morgan fingerprint density at radius 1 is 1.00 bits per heavy atom. The molecule has 0 radical (unpaired) electrons. The normalized spacial score (nSPS) is 11.1. The summed E-state index contributed by atoms with van der Waals surface area (Å²) in [7, 11) is 0. The van der Waals surface area contributed by atoms with Gasteiger partial charge in [0, 0.05) is 11.8 Å². The molecule has 0 aliphatic heterocycles. The first kappa shape index (κ1) is 15.4. The molecule has 0 saturated heterocycles. The van der Waals surface area contributed by atoms with Crippen LogP contribution in [0.3, 0.4) is 0 Å². The summed E-state index contributed by atoms with van der Waals surface area (Å²) in [5, 5.41) is 2.10. The molecule has 4 rings (SSSR count). The van der Waals surface area contributed by atoms with Gasteiger partial charge in [0.15, 0.2) is 6.61 Å². The van der Waals surface area contributed by atoms with E-state index in [9.17, 15) is 4.79 Å². The molecule has 4 nitrogen and oxygen atoms in total. The SMILES string of the molecule is CCc1nc2ccccc2n1C(=O)COc1cccc2ccccc12. The highest BCUT2D eigenvalue weighted by molar-refractivity contribution is 5.93. The summed E-state index contributed by atoms with van der Waals surface area (Å²) in [5.41, 5.74) is 1.66. The van der Waals surface area contributed by atoms with Crippen molar-refractivity contribution in [2.24, 2.45) is 0 Å². The average Bonchev–Trinajstić information content (AvgIpc) is 3.04. The van der Waals surface area contributed by atoms with Gasteiger partial charge >= 0.3 is 0 Å². The van der Waals surface area contributed by atoms with E-state index in [2.05, 4.69) is 4.98 Å². The lowest BCUT2D eigenvalue weighted by Crippen LogP contribution is -2.21. The third-order valence-electron chi connectivity index (χ3n) is 4.30. The van der Waals surface area contributed by atoms with Crippen LogP contribution in [0.2, 0.25) is 0 Å². The fourth-order valence-electron chi connectivity index (χ4n) is 3.12. The maximum absolute atomic E-state index is 12.8. The van der Waals surface area contributed by atoms with Crippen molar-refractivity contribution in [1.82, 2.24) is 9.55 Å². The molecular formula is C21H18N2O2. The van der Waals surface area contributed by atoms with E-state index in [0.29, 0.717) is 12.2 Å². The van der Waals surface area contributed by atoms with Crippen LogP contribution in [0.25, 0.3) is 21.8 Å². The van der Waals surface area contributed by atoms with Crippen LogP contribution in [0, 0.1) is 0 Å². The largest absolute Gasteiger partial charge is 0.483 e. The molecule has 1 heterocycles. The van der Waals surface area contributed by atoms with Crippen molar-refractivity contribution in [2.75, 3.05) is 6.61 Å². The Hall–Kier alpha value is -3.14. The van der Waals surface area contributed by atoms with E-state index >= 15 is 0 Å². The van der Waals surface area contributed by atoms with Crippen molar-refractivity contribution >= 4 is 27.7 Å². The Bertz CT molecular complexity index is 1060. The molecule has 0 unspecified atom stereocenters. The van der Waals surface area contributed by atoms with Gasteiger partial charge in [-0.05, 0) is 23.6 Å². The minimum atomic E-state index is -0.113. The van der Waals surface area contributed by atoms with Crippen molar-refractivity contribution in [2.45, 2.75) is 13.3 Å². The number of hydrogen-bond acceptors (Lipinski definition) is 3. The van der Waals surface area contributed by atoms with Crippen molar-refractivity contribution in [1.29, 1.82) is 0 Å². The van der Waals surface area contributed by atoms with E-state index in [-0.39, 0.29) is 12.5 Å². The van der Waals surface area contributed by atoms with Crippen molar-refractivity contribution in [3.8, 4) is 5.75 Å². The van der Waals surface area contributed by atoms with Crippen LogP contribution >= 0.6 is 0 Å². The average molecular weight is 330 g/mol. The van der Waals surface area contributed by atoms with Crippen LogP contribution in [0.5, 0.6) is 5.75 Å². The van der Waals surface area contributed by atoms with Gasteiger partial charge in [-0.15, -0.1) is 0 Å². The quantitative estimate of drug-likeness (QED) is 0.554. The number of para-hydroxylation sites is 2. The summed E-state index contributed by atoms with van der Waals surface area (Å²) < 4.78 is 7.52. The molecule has 0 aliphatic rings. The zero-order chi connectivity index (χ0) is 17.2. The Morgan fingerprint density at radius 3 is 2.64 bits per heavy atom. The fraction of sp³-hybridized carbons (Fsp3) is 0.143. The third kappa shape index (κ3) is 2.76. The van der Waals surface area contributed by atoms with Crippen molar-refractivity contribution in [3.05, 3.63) is 72.6 Å². The second kappa shape index (κ2) is 6.40. The maximum atomic E-state index is 12.8. The lowest BCUT2D eigenvalue weighted by Gasteiger charge is -2.10. The highest BCUT2D eigenvalue weighted by Crippen LogP contribution is 2.25.